The zero-order chi connectivity index (χ0) is 18.2. The zero-order valence-corrected chi connectivity index (χ0v) is 15.8. The highest BCUT2D eigenvalue weighted by Crippen LogP contribution is 2.35. The number of nitrogens with zero attached hydrogens (tertiary/aromatic N) is 1. The molecule has 3 nitrogen and oxygen atoms in total. The molecule has 0 radical (unpaired) electrons. The van der Waals surface area contributed by atoms with Gasteiger partial charge >= 0.3 is 0 Å². The van der Waals surface area contributed by atoms with Gasteiger partial charge in [-0.3, -0.25) is 0 Å². The summed E-state index contributed by atoms with van der Waals surface area (Å²) in [5, 5.41) is 5.69. The van der Waals surface area contributed by atoms with E-state index in [9.17, 15) is 0 Å². The maximum atomic E-state index is 6.14. The van der Waals surface area contributed by atoms with Crippen LogP contribution in [-0.4, -0.2) is 4.98 Å². The van der Waals surface area contributed by atoms with Crippen LogP contribution in [0.5, 0.6) is 0 Å². The lowest BCUT2D eigenvalue weighted by molar-refractivity contribution is 0.670. The van der Waals surface area contributed by atoms with E-state index in [0.29, 0.717) is 11.0 Å². The maximum absolute atomic E-state index is 6.14. The molecule has 0 unspecified atom stereocenters. The van der Waals surface area contributed by atoms with Gasteiger partial charge in [0.1, 0.15) is 11.2 Å². The van der Waals surface area contributed by atoms with Crippen molar-refractivity contribution in [3.8, 4) is 11.1 Å². The number of nitrogens with one attached hydrogen (secondary N) is 1. The van der Waals surface area contributed by atoms with Crippen molar-refractivity contribution in [2.45, 2.75) is 6.54 Å². The number of aromatic nitrogens is 1. The second-order valence-corrected chi connectivity index (χ2v) is 7.99. The highest BCUT2D eigenvalue weighted by molar-refractivity contribution is 7.15. The van der Waals surface area contributed by atoms with Crippen molar-refractivity contribution in [3.05, 3.63) is 82.3 Å². The Labute approximate surface area is 165 Å². The lowest BCUT2D eigenvalue weighted by Crippen LogP contribution is -1.96. The van der Waals surface area contributed by atoms with Crippen LogP contribution in [0, 0.1) is 0 Å². The van der Waals surface area contributed by atoms with Gasteiger partial charge in [0, 0.05) is 33.1 Å². The van der Waals surface area contributed by atoms with Crippen molar-refractivity contribution in [2.24, 2.45) is 0 Å². The molecule has 0 bridgehead atoms. The van der Waals surface area contributed by atoms with Crippen molar-refractivity contribution in [3.63, 3.8) is 0 Å². The van der Waals surface area contributed by atoms with Crippen LogP contribution in [0.1, 0.15) is 4.88 Å². The van der Waals surface area contributed by atoms with Crippen LogP contribution in [0.25, 0.3) is 33.1 Å². The molecule has 1 N–H and O–H groups in total. The molecule has 2 aromatic heterocycles. The first kappa shape index (κ1) is 16.4. The van der Waals surface area contributed by atoms with Crippen LogP contribution in [0.4, 0.5) is 5.69 Å². The Morgan fingerprint density at radius 1 is 0.926 bits per heavy atom. The fraction of sp³-hybridized carbons (Fsp3) is 0.0455. The summed E-state index contributed by atoms with van der Waals surface area (Å²) >= 11 is 7.37. The third-order valence-corrected chi connectivity index (χ3v) is 5.71. The van der Waals surface area contributed by atoms with Crippen molar-refractivity contribution in [2.75, 3.05) is 5.32 Å². The molecule has 0 fully saturated rings. The second-order valence-electron chi connectivity index (χ2n) is 6.29. The van der Waals surface area contributed by atoms with Crippen LogP contribution in [0.3, 0.4) is 0 Å². The van der Waals surface area contributed by atoms with E-state index < -0.39 is 0 Å². The molecule has 5 rings (SSSR count). The van der Waals surface area contributed by atoms with Crippen LogP contribution in [-0.2, 0) is 6.54 Å². The lowest BCUT2D eigenvalue weighted by Gasteiger charge is -2.07. The fourth-order valence-corrected chi connectivity index (χ4v) is 4.21. The van der Waals surface area contributed by atoms with E-state index in [1.807, 2.05) is 18.2 Å². The Hall–Kier alpha value is -2.82. The van der Waals surface area contributed by atoms with Crippen molar-refractivity contribution in [1.29, 1.82) is 0 Å². The minimum atomic E-state index is 0.570. The molecule has 5 aromatic rings. The number of halogens is 1. The predicted molar refractivity (Wildman–Crippen MR) is 114 cm³/mol. The molecule has 27 heavy (non-hydrogen) atoms. The van der Waals surface area contributed by atoms with Gasteiger partial charge in [-0.15, -0.1) is 11.3 Å². The summed E-state index contributed by atoms with van der Waals surface area (Å²) in [6.45, 7) is 0.711. The third-order valence-electron chi connectivity index (χ3n) is 4.59. The molecule has 0 saturated heterocycles. The standard InChI is InChI=1S/C22H15ClN2OS/c23-22-25-13-16(27-22)12-24-15-10-8-14(9-11-15)17-5-3-6-19-18-4-1-2-7-20(18)26-21(17)19/h1-11,13,24H,12H2. The highest BCUT2D eigenvalue weighted by Gasteiger charge is 2.11. The molecular formula is C22H15ClN2OS. The molecule has 0 aliphatic rings. The number of hydrogen-bond donors (Lipinski definition) is 1. The van der Waals surface area contributed by atoms with Gasteiger partial charge in [0.15, 0.2) is 4.47 Å². The summed E-state index contributed by atoms with van der Waals surface area (Å²) in [6, 6.07) is 22.8. The number of benzene rings is 3. The minimum absolute atomic E-state index is 0.570. The normalized spacial score (nSPS) is 11.3. The Morgan fingerprint density at radius 3 is 2.56 bits per heavy atom. The smallest absolute Gasteiger partial charge is 0.183 e. The van der Waals surface area contributed by atoms with Crippen molar-refractivity contribution in [1.82, 2.24) is 4.98 Å². The van der Waals surface area contributed by atoms with Gasteiger partial charge in [0.05, 0.1) is 6.54 Å². The van der Waals surface area contributed by atoms with Crippen LogP contribution >= 0.6 is 22.9 Å². The van der Waals surface area contributed by atoms with Gasteiger partial charge in [-0.25, -0.2) is 4.98 Å². The van der Waals surface area contributed by atoms with Crippen molar-refractivity contribution >= 4 is 50.6 Å². The van der Waals surface area contributed by atoms with Crippen LogP contribution < -0.4 is 5.32 Å². The SMILES string of the molecule is Clc1ncc(CNc2ccc(-c3cccc4c3oc3ccccc34)cc2)s1. The first-order chi connectivity index (χ1) is 13.3. The minimum Gasteiger partial charge on any atom is -0.455 e. The van der Waals surface area contributed by atoms with Gasteiger partial charge in [0.25, 0.3) is 0 Å². The molecule has 0 saturated carbocycles. The molecule has 5 heteroatoms. The van der Waals surface area contributed by atoms with E-state index in [1.54, 1.807) is 6.20 Å². The molecular weight excluding hydrogens is 376 g/mol. The number of thiazole rings is 1. The molecule has 132 valence electrons. The first-order valence-corrected chi connectivity index (χ1v) is 9.82. The van der Waals surface area contributed by atoms with E-state index in [0.717, 1.165) is 43.6 Å². The quantitative estimate of drug-likeness (QED) is 0.360. The number of para-hydroxylation sites is 2. The van der Waals surface area contributed by atoms with Gasteiger partial charge < -0.3 is 9.73 Å². The molecule has 0 aliphatic heterocycles. The van der Waals surface area contributed by atoms with Gasteiger partial charge in [-0.2, -0.15) is 0 Å². The number of anilines is 1. The topological polar surface area (TPSA) is 38.1 Å². The zero-order valence-electron chi connectivity index (χ0n) is 14.3. The fourth-order valence-electron chi connectivity index (χ4n) is 3.30. The summed E-state index contributed by atoms with van der Waals surface area (Å²) in [5.74, 6) is 0. The van der Waals surface area contributed by atoms with E-state index in [2.05, 4.69) is 58.8 Å². The molecule has 0 atom stereocenters. The van der Waals surface area contributed by atoms with E-state index in [4.69, 9.17) is 16.0 Å². The molecule has 2 heterocycles. The number of hydrogen-bond acceptors (Lipinski definition) is 4. The van der Waals surface area contributed by atoms with Crippen LogP contribution in [0.15, 0.2) is 77.3 Å². The summed E-state index contributed by atoms with van der Waals surface area (Å²) in [7, 11) is 0. The van der Waals surface area contributed by atoms with E-state index in [-0.39, 0.29) is 0 Å². The highest BCUT2D eigenvalue weighted by atomic mass is 35.5. The van der Waals surface area contributed by atoms with Crippen LogP contribution in [0.2, 0.25) is 4.47 Å². The average molecular weight is 391 g/mol. The number of furan rings is 1. The third kappa shape index (κ3) is 3.07. The number of fused-ring (bicyclic) bond motifs is 3. The summed E-state index contributed by atoms with van der Waals surface area (Å²) in [4.78, 5) is 5.17. The summed E-state index contributed by atoms with van der Waals surface area (Å²) in [6.07, 6.45) is 1.80. The largest absolute Gasteiger partial charge is 0.455 e. The van der Waals surface area contributed by atoms with Gasteiger partial charge in [0.2, 0.25) is 0 Å². The van der Waals surface area contributed by atoms with Gasteiger partial charge in [-0.1, -0.05) is 60.1 Å². The van der Waals surface area contributed by atoms with Crippen molar-refractivity contribution < 1.29 is 4.42 Å². The van der Waals surface area contributed by atoms with E-state index >= 15 is 0 Å². The predicted octanol–water partition coefficient (Wildman–Crippen LogP) is 6.98. The molecule has 0 amide bonds. The summed E-state index contributed by atoms with van der Waals surface area (Å²) < 4.78 is 6.71. The Kier molecular flexibility index (Phi) is 4.07. The Balaban J connectivity index is 1.46. The number of rotatable bonds is 4. The van der Waals surface area contributed by atoms with Gasteiger partial charge in [-0.05, 0) is 23.8 Å². The Bertz CT molecular complexity index is 1240. The molecule has 0 aliphatic carbocycles. The lowest BCUT2D eigenvalue weighted by atomic mass is 10.0. The Morgan fingerprint density at radius 2 is 1.74 bits per heavy atom. The summed E-state index contributed by atoms with van der Waals surface area (Å²) in [5.41, 5.74) is 5.13. The molecule has 3 aromatic carbocycles. The molecule has 0 spiro atoms. The first-order valence-electron chi connectivity index (χ1n) is 8.63. The second kappa shape index (κ2) is 6.72. The monoisotopic (exact) mass is 390 g/mol. The maximum Gasteiger partial charge on any atom is 0.183 e. The average Bonchev–Trinajstić information content (AvgIpc) is 3.30. The van der Waals surface area contributed by atoms with E-state index in [1.165, 1.54) is 11.3 Å².